The van der Waals surface area contributed by atoms with E-state index in [1.54, 1.807) is 56.6 Å². The summed E-state index contributed by atoms with van der Waals surface area (Å²) in [5.74, 6) is -0.325. The van der Waals surface area contributed by atoms with E-state index < -0.39 is 10.0 Å². The molecule has 0 amide bonds. The molecule has 0 saturated heterocycles. The lowest BCUT2D eigenvalue weighted by molar-refractivity contribution is 0.600. The van der Waals surface area contributed by atoms with Crippen LogP contribution in [0.3, 0.4) is 0 Å². The van der Waals surface area contributed by atoms with Crippen molar-refractivity contribution in [3.8, 4) is 0 Å². The average Bonchev–Trinajstić information content (AvgIpc) is 2.85. The van der Waals surface area contributed by atoms with Crippen LogP contribution in [0.5, 0.6) is 0 Å². The minimum atomic E-state index is -3.82. The van der Waals surface area contributed by atoms with E-state index in [0.717, 1.165) is 5.56 Å². The van der Waals surface area contributed by atoms with Gasteiger partial charge in [0, 0.05) is 5.02 Å². The molecule has 0 spiro atoms. The Balaban J connectivity index is 1.95. The van der Waals surface area contributed by atoms with Crippen LogP contribution in [0.4, 0.5) is 10.1 Å². The molecule has 3 aromatic rings. The minimum absolute atomic E-state index is 0.172. The van der Waals surface area contributed by atoms with E-state index in [1.807, 2.05) is 0 Å². The van der Waals surface area contributed by atoms with Gasteiger partial charge in [-0.15, -0.1) is 0 Å². The number of rotatable bonds is 5. The zero-order valence-electron chi connectivity index (χ0n) is 16.0. The van der Waals surface area contributed by atoms with Crippen LogP contribution in [0.2, 0.25) is 5.02 Å². The molecule has 8 heteroatoms. The lowest BCUT2D eigenvalue weighted by Gasteiger charge is -2.12. The maximum atomic E-state index is 13.4. The maximum Gasteiger partial charge on any atom is 0.262 e. The van der Waals surface area contributed by atoms with Gasteiger partial charge in [-0.3, -0.25) is 9.40 Å². The fourth-order valence-corrected chi connectivity index (χ4v) is 4.75. The number of aryl methyl sites for hydroxylation is 3. The second-order valence-electron chi connectivity index (χ2n) is 6.81. The Morgan fingerprint density at radius 1 is 1.11 bits per heavy atom. The number of anilines is 1. The highest BCUT2D eigenvalue weighted by Gasteiger charge is 2.22. The van der Waals surface area contributed by atoms with Crippen molar-refractivity contribution in [2.75, 3.05) is 4.72 Å². The molecule has 1 N–H and O–H groups in total. The first-order valence-electron chi connectivity index (χ1n) is 8.66. The molecule has 0 aliphatic carbocycles. The summed E-state index contributed by atoms with van der Waals surface area (Å²) >= 11 is 6.08. The predicted octanol–water partition coefficient (Wildman–Crippen LogP) is 4.76. The largest absolute Gasteiger partial charge is 0.276 e. The van der Waals surface area contributed by atoms with Crippen molar-refractivity contribution >= 4 is 27.3 Å². The molecule has 148 valence electrons. The molecule has 0 aliphatic heterocycles. The molecular formula is C20H21ClFN3O2S. The van der Waals surface area contributed by atoms with Gasteiger partial charge >= 0.3 is 0 Å². The SMILES string of the molecule is Cc1cc(S(=O)(=O)Nc2c(C)nn(Cc3cccc(F)c3)c2C)c(C)cc1Cl. The van der Waals surface area contributed by atoms with Gasteiger partial charge in [0.15, 0.2) is 0 Å². The summed E-state index contributed by atoms with van der Waals surface area (Å²) in [5.41, 5.74) is 3.59. The molecule has 1 heterocycles. The summed E-state index contributed by atoms with van der Waals surface area (Å²) in [5, 5.41) is 4.93. The number of hydrogen-bond donors (Lipinski definition) is 1. The summed E-state index contributed by atoms with van der Waals surface area (Å²) in [4.78, 5) is 0.172. The Hall–Kier alpha value is -2.38. The lowest BCUT2D eigenvalue weighted by Crippen LogP contribution is -2.16. The Kier molecular flexibility index (Phi) is 5.50. The fourth-order valence-electron chi connectivity index (χ4n) is 3.04. The molecule has 1 aromatic heterocycles. The van der Waals surface area contributed by atoms with Gasteiger partial charge < -0.3 is 0 Å². The zero-order valence-corrected chi connectivity index (χ0v) is 17.6. The van der Waals surface area contributed by atoms with Crippen LogP contribution < -0.4 is 4.72 Å². The number of halogens is 2. The van der Waals surface area contributed by atoms with E-state index in [9.17, 15) is 12.8 Å². The molecule has 0 radical (unpaired) electrons. The Morgan fingerprint density at radius 3 is 2.50 bits per heavy atom. The molecule has 0 fully saturated rings. The van der Waals surface area contributed by atoms with E-state index in [2.05, 4.69) is 9.82 Å². The molecule has 0 aliphatic rings. The second-order valence-corrected chi connectivity index (χ2v) is 8.86. The molecule has 2 aromatic carbocycles. The van der Waals surface area contributed by atoms with E-state index >= 15 is 0 Å². The smallest absolute Gasteiger partial charge is 0.262 e. The maximum absolute atomic E-state index is 13.4. The minimum Gasteiger partial charge on any atom is -0.276 e. The van der Waals surface area contributed by atoms with E-state index in [4.69, 9.17) is 11.6 Å². The number of sulfonamides is 1. The van der Waals surface area contributed by atoms with Crippen molar-refractivity contribution in [3.05, 3.63) is 75.3 Å². The standard InChI is InChI=1S/C20H21ClFN3O2S/c1-12-9-19(13(2)8-18(12)21)28(26,27)24-20-14(3)23-25(15(20)4)11-16-6-5-7-17(22)10-16/h5-10,24H,11H2,1-4H3. The van der Waals surface area contributed by atoms with Crippen molar-refractivity contribution in [3.63, 3.8) is 0 Å². The first-order chi connectivity index (χ1) is 13.1. The van der Waals surface area contributed by atoms with E-state index in [0.29, 0.717) is 39.8 Å². The van der Waals surface area contributed by atoms with Gasteiger partial charge in [0.05, 0.1) is 28.5 Å². The van der Waals surface area contributed by atoms with Crippen molar-refractivity contribution in [1.29, 1.82) is 0 Å². The van der Waals surface area contributed by atoms with Crippen molar-refractivity contribution in [1.82, 2.24) is 9.78 Å². The third-order valence-corrected chi connectivity index (χ3v) is 6.48. The zero-order chi connectivity index (χ0) is 20.6. The van der Waals surface area contributed by atoms with Crippen LogP contribution in [0.1, 0.15) is 28.1 Å². The molecule has 0 saturated carbocycles. The van der Waals surface area contributed by atoms with Crippen LogP contribution in [-0.4, -0.2) is 18.2 Å². The number of nitrogens with one attached hydrogen (secondary N) is 1. The highest BCUT2D eigenvalue weighted by atomic mass is 35.5. The number of benzene rings is 2. The quantitative estimate of drug-likeness (QED) is 0.646. The molecule has 3 rings (SSSR count). The van der Waals surface area contributed by atoms with Crippen molar-refractivity contribution in [2.45, 2.75) is 39.1 Å². The van der Waals surface area contributed by atoms with Gasteiger partial charge in [-0.2, -0.15) is 5.10 Å². The number of aromatic nitrogens is 2. The molecule has 28 heavy (non-hydrogen) atoms. The molecule has 0 unspecified atom stereocenters. The predicted molar refractivity (Wildman–Crippen MR) is 109 cm³/mol. The molecule has 0 bridgehead atoms. The van der Waals surface area contributed by atoms with Gasteiger partial charge in [0.25, 0.3) is 10.0 Å². The number of nitrogens with zero attached hydrogens (tertiary/aromatic N) is 2. The average molecular weight is 422 g/mol. The third kappa shape index (κ3) is 4.05. The van der Waals surface area contributed by atoms with Crippen LogP contribution in [-0.2, 0) is 16.6 Å². The fraction of sp³-hybridized carbons (Fsp3) is 0.250. The third-order valence-electron chi connectivity index (χ3n) is 4.59. The Labute approximate surface area is 169 Å². The first kappa shape index (κ1) is 20.4. The Morgan fingerprint density at radius 2 is 1.82 bits per heavy atom. The van der Waals surface area contributed by atoms with Gasteiger partial charge in [-0.05, 0) is 68.7 Å². The highest BCUT2D eigenvalue weighted by Crippen LogP contribution is 2.28. The van der Waals surface area contributed by atoms with Gasteiger partial charge in [0.1, 0.15) is 5.82 Å². The normalized spacial score (nSPS) is 11.6. The Bertz CT molecular complexity index is 1160. The van der Waals surface area contributed by atoms with Crippen LogP contribution in [0.15, 0.2) is 41.3 Å². The van der Waals surface area contributed by atoms with Gasteiger partial charge in [0.2, 0.25) is 0 Å². The highest BCUT2D eigenvalue weighted by molar-refractivity contribution is 7.92. The molecular weight excluding hydrogens is 401 g/mol. The molecule has 0 atom stereocenters. The van der Waals surface area contributed by atoms with Crippen molar-refractivity contribution in [2.24, 2.45) is 0 Å². The van der Waals surface area contributed by atoms with Crippen molar-refractivity contribution < 1.29 is 12.8 Å². The first-order valence-corrected chi connectivity index (χ1v) is 10.5. The van der Waals surface area contributed by atoms with E-state index in [1.165, 1.54) is 12.1 Å². The summed E-state index contributed by atoms with van der Waals surface area (Å²) in [6.45, 7) is 7.30. The monoisotopic (exact) mass is 421 g/mol. The lowest BCUT2D eigenvalue weighted by atomic mass is 10.2. The van der Waals surface area contributed by atoms with Gasteiger partial charge in [-0.25, -0.2) is 12.8 Å². The molecule has 5 nitrogen and oxygen atoms in total. The van der Waals surface area contributed by atoms with Crippen LogP contribution in [0.25, 0.3) is 0 Å². The van der Waals surface area contributed by atoms with E-state index in [-0.39, 0.29) is 10.7 Å². The summed E-state index contributed by atoms with van der Waals surface area (Å²) < 4.78 is 43.7. The summed E-state index contributed by atoms with van der Waals surface area (Å²) in [7, 11) is -3.82. The topological polar surface area (TPSA) is 64.0 Å². The summed E-state index contributed by atoms with van der Waals surface area (Å²) in [6.07, 6.45) is 0. The van der Waals surface area contributed by atoms with Crippen LogP contribution in [0, 0.1) is 33.5 Å². The van der Waals surface area contributed by atoms with Crippen LogP contribution >= 0.6 is 11.6 Å². The number of hydrogen-bond acceptors (Lipinski definition) is 3. The summed E-state index contributed by atoms with van der Waals surface area (Å²) in [6, 6.07) is 9.43. The van der Waals surface area contributed by atoms with Gasteiger partial charge in [-0.1, -0.05) is 23.7 Å². The second kappa shape index (κ2) is 7.56.